The van der Waals surface area contributed by atoms with E-state index in [4.69, 9.17) is 0 Å². The van der Waals surface area contributed by atoms with Gasteiger partial charge in [-0.1, -0.05) is 6.92 Å². The van der Waals surface area contributed by atoms with Crippen LogP contribution in [0.1, 0.15) is 37.0 Å². The van der Waals surface area contributed by atoms with Gasteiger partial charge in [0.2, 0.25) is 5.82 Å². The van der Waals surface area contributed by atoms with E-state index in [0.29, 0.717) is 18.7 Å². The summed E-state index contributed by atoms with van der Waals surface area (Å²) in [5.74, 6) is -2.61. The third-order valence-electron chi connectivity index (χ3n) is 3.84. The maximum absolute atomic E-state index is 13.9. The molecule has 1 amide bonds. The first-order chi connectivity index (χ1) is 9.81. The molecule has 0 aliphatic carbocycles. The van der Waals surface area contributed by atoms with Crippen molar-refractivity contribution in [3.63, 3.8) is 0 Å². The molecule has 1 aliphatic rings. The maximum Gasteiger partial charge on any atom is 0.307 e. The molecule has 0 bridgehead atoms. The summed E-state index contributed by atoms with van der Waals surface area (Å²) in [7, 11) is 0. The average molecular weight is 298 g/mol. The summed E-state index contributed by atoms with van der Waals surface area (Å²) in [4.78, 5) is 23.4. The van der Waals surface area contributed by atoms with Gasteiger partial charge in [-0.2, -0.15) is 4.39 Å². The standard InChI is InChI=1S/C14H16F2N2O3/c1-8-3-4-9(2)17(7-8)14(19)10-5-12(16)13(18(20)21)6-11(10)15/h5-6,8-9H,3-4,7H2,1-2H3. The van der Waals surface area contributed by atoms with Crippen molar-refractivity contribution in [2.45, 2.75) is 32.7 Å². The van der Waals surface area contributed by atoms with Crippen molar-refractivity contribution in [1.29, 1.82) is 0 Å². The van der Waals surface area contributed by atoms with Crippen molar-refractivity contribution in [2.24, 2.45) is 5.92 Å². The summed E-state index contributed by atoms with van der Waals surface area (Å²) in [5, 5.41) is 10.6. The Labute approximate surface area is 120 Å². The lowest BCUT2D eigenvalue weighted by Gasteiger charge is -2.36. The van der Waals surface area contributed by atoms with Gasteiger partial charge in [0, 0.05) is 12.6 Å². The third-order valence-corrected chi connectivity index (χ3v) is 3.84. The van der Waals surface area contributed by atoms with E-state index >= 15 is 0 Å². The van der Waals surface area contributed by atoms with Gasteiger partial charge in [0.25, 0.3) is 5.91 Å². The number of nitrogens with zero attached hydrogens (tertiary/aromatic N) is 2. The Hall–Kier alpha value is -2.05. The first-order valence-electron chi connectivity index (χ1n) is 6.75. The van der Waals surface area contributed by atoms with E-state index < -0.39 is 33.7 Å². The van der Waals surface area contributed by atoms with Gasteiger partial charge in [-0.05, 0) is 31.7 Å². The number of nitro benzene ring substituents is 1. The lowest BCUT2D eigenvalue weighted by atomic mass is 9.94. The van der Waals surface area contributed by atoms with Gasteiger partial charge in [-0.3, -0.25) is 14.9 Å². The molecule has 1 heterocycles. The molecule has 7 heteroatoms. The molecule has 1 aromatic rings. The minimum atomic E-state index is -1.21. The van der Waals surface area contributed by atoms with Crippen molar-refractivity contribution in [3.05, 3.63) is 39.4 Å². The Kier molecular flexibility index (Phi) is 4.20. The van der Waals surface area contributed by atoms with Crippen LogP contribution in [0.4, 0.5) is 14.5 Å². The number of hydrogen-bond acceptors (Lipinski definition) is 3. The summed E-state index contributed by atoms with van der Waals surface area (Å²) < 4.78 is 27.5. The molecule has 0 aromatic heterocycles. The highest BCUT2D eigenvalue weighted by Crippen LogP contribution is 2.26. The molecule has 2 atom stereocenters. The van der Waals surface area contributed by atoms with E-state index in [1.807, 2.05) is 13.8 Å². The normalized spacial score (nSPS) is 22.2. The molecule has 114 valence electrons. The highest BCUT2D eigenvalue weighted by atomic mass is 19.1. The van der Waals surface area contributed by atoms with Crippen LogP contribution in [-0.2, 0) is 0 Å². The van der Waals surface area contributed by atoms with Gasteiger partial charge in [-0.25, -0.2) is 4.39 Å². The molecule has 1 aliphatic heterocycles. The molecular formula is C14H16F2N2O3. The number of benzene rings is 1. The molecular weight excluding hydrogens is 282 g/mol. The van der Waals surface area contributed by atoms with Gasteiger partial charge >= 0.3 is 5.69 Å². The summed E-state index contributed by atoms with van der Waals surface area (Å²) >= 11 is 0. The first kappa shape index (κ1) is 15.3. The second kappa shape index (κ2) is 5.75. The Bertz CT molecular complexity index is 592. The van der Waals surface area contributed by atoms with Crippen molar-refractivity contribution in [3.8, 4) is 0 Å². The zero-order valence-corrected chi connectivity index (χ0v) is 11.8. The Morgan fingerprint density at radius 1 is 1.29 bits per heavy atom. The maximum atomic E-state index is 13.9. The zero-order chi connectivity index (χ0) is 15.7. The monoisotopic (exact) mass is 298 g/mol. The highest BCUT2D eigenvalue weighted by Gasteiger charge is 2.31. The SMILES string of the molecule is CC1CCC(C)N(C(=O)c2cc(F)c([N+](=O)[O-])cc2F)C1. The molecule has 0 spiro atoms. The van der Waals surface area contributed by atoms with E-state index in [9.17, 15) is 23.7 Å². The van der Waals surface area contributed by atoms with Gasteiger partial charge < -0.3 is 4.90 Å². The number of piperidine rings is 1. The summed E-state index contributed by atoms with van der Waals surface area (Å²) in [6, 6.07) is 1.01. The minimum absolute atomic E-state index is 0.0636. The van der Waals surface area contributed by atoms with Crippen LogP contribution in [0.3, 0.4) is 0 Å². The number of likely N-dealkylation sites (tertiary alicyclic amines) is 1. The second-order valence-electron chi connectivity index (χ2n) is 5.53. The number of nitro groups is 1. The van der Waals surface area contributed by atoms with Crippen LogP contribution in [0.2, 0.25) is 0 Å². The van der Waals surface area contributed by atoms with Gasteiger partial charge in [-0.15, -0.1) is 0 Å². The van der Waals surface area contributed by atoms with E-state index in [-0.39, 0.29) is 12.0 Å². The predicted molar refractivity (Wildman–Crippen MR) is 71.9 cm³/mol. The molecule has 1 fully saturated rings. The topological polar surface area (TPSA) is 63.5 Å². The molecule has 2 unspecified atom stereocenters. The minimum Gasteiger partial charge on any atom is -0.336 e. The Morgan fingerprint density at radius 2 is 1.95 bits per heavy atom. The van der Waals surface area contributed by atoms with Crippen LogP contribution < -0.4 is 0 Å². The quantitative estimate of drug-likeness (QED) is 0.622. The highest BCUT2D eigenvalue weighted by molar-refractivity contribution is 5.95. The number of carbonyl (C=O) groups excluding carboxylic acids is 1. The number of rotatable bonds is 2. The van der Waals surface area contributed by atoms with E-state index in [0.717, 1.165) is 12.8 Å². The van der Waals surface area contributed by atoms with E-state index in [1.54, 1.807) is 0 Å². The number of hydrogen-bond donors (Lipinski definition) is 0. The molecule has 0 saturated carbocycles. The number of halogens is 2. The molecule has 1 aromatic carbocycles. The molecule has 5 nitrogen and oxygen atoms in total. The lowest BCUT2D eigenvalue weighted by molar-refractivity contribution is -0.387. The van der Waals surface area contributed by atoms with Crippen LogP contribution in [-0.4, -0.2) is 28.3 Å². The molecule has 0 N–H and O–H groups in total. The van der Waals surface area contributed by atoms with Crippen molar-refractivity contribution >= 4 is 11.6 Å². The zero-order valence-electron chi connectivity index (χ0n) is 11.8. The number of carbonyl (C=O) groups is 1. The molecule has 1 saturated heterocycles. The summed E-state index contributed by atoms with van der Waals surface area (Å²) in [6.45, 7) is 4.31. The largest absolute Gasteiger partial charge is 0.336 e. The van der Waals surface area contributed by atoms with Gasteiger partial charge in [0.15, 0.2) is 0 Å². The van der Waals surface area contributed by atoms with Crippen molar-refractivity contribution < 1.29 is 18.5 Å². The Balaban J connectivity index is 2.35. The van der Waals surface area contributed by atoms with Crippen LogP contribution >= 0.6 is 0 Å². The Morgan fingerprint density at radius 3 is 2.57 bits per heavy atom. The van der Waals surface area contributed by atoms with Crippen LogP contribution in [0.5, 0.6) is 0 Å². The smallest absolute Gasteiger partial charge is 0.307 e. The second-order valence-corrected chi connectivity index (χ2v) is 5.53. The van der Waals surface area contributed by atoms with Crippen LogP contribution in [0.25, 0.3) is 0 Å². The van der Waals surface area contributed by atoms with Crippen LogP contribution in [0.15, 0.2) is 12.1 Å². The van der Waals surface area contributed by atoms with E-state index in [1.165, 1.54) is 4.90 Å². The van der Waals surface area contributed by atoms with Gasteiger partial charge in [0.1, 0.15) is 5.82 Å². The van der Waals surface area contributed by atoms with Crippen molar-refractivity contribution in [2.75, 3.05) is 6.54 Å². The fourth-order valence-electron chi connectivity index (χ4n) is 2.57. The molecule has 21 heavy (non-hydrogen) atoms. The molecule has 2 rings (SSSR count). The fourth-order valence-corrected chi connectivity index (χ4v) is 2.57. The first-order valence-corrected chi connectivity index (χ1v) is 6.75. The summed E-state index contributed by atoms with van der Waals surface area (Å²) in [6.07, 6.45) is 1.77. The van der Waals surface area contributed by atoms with Gasteiger partial charge in [0.05, 0.1) is 16.6 Å². The van der Waals surface area contributed by atoms with Crippen LogP contribution in [0, 0.1) is 27.7 Å². The molecule has 0 radical (unpaired) electrons. The summed E-state index contributed by atoms with van der Waals surface area (Å²) in [5.41, 5.74) is -1.43. The van der Waals surface area contributed by atoms with E-state index in [2.05, 4.69) is 0 Å². The average Bonchev–Trinajstić information content (AvgIpc) is 2.42. The lowest BCUT2D eigenvalue weighted by Crippen LogP contribution is -2.45. The number of amides is 1. The predicted octanol–water partition coefficient (Wildman–Crippen LogP) is 3.13. The fraction of sp³-hybridized carbons (Fsp3) is 0.500. The third kappa shape index (κ3) is 3.01. The van der Waals surface area contributed by atoms with Crippen molar-refractivity contribution in [1.82, 2.24) is 4.90 Å².